The summed E-state index contributed by atoms with van der Waals surface area (Å²) in [6.07, 6.45) is 0.809. The van der Waals surface area contributed by atoms with Crippen LogP contribution in [0.15, 0.2) is 24.3 Å². The standard InChI is InChI=1S/C13H17NO4/c1-3-10-6-4-5-7-11(10)18-8-12(15)14-9(2)13(16)17/h4-7,9H,3,8H2,1-2H3,(H,14,15)(H,16,17)/t9-/m1/s1. The molecule has 5 heteroatoms. The summed E-state index contributed by atoms with van der Waals surface area (Å²) in [5.41, 5.74) is 1.01. The van der Waals surface area contributed by atoms with Gasteiger partial charge >= 0.3 is 5.97 Å². The fourth-order valence-electron chi connectivity index (χ4n) is 1.42. The molecular formula is C13H17NO4. The first-order chi connectivity index (χ1) is 8.54. The third-order valence-electron chi connectivity index (χ3n) is 2.46. The van der Waals surface area contributed by atoms with Crippen molar-refractivity contribution >= 4 is 11.9 Å². The highest BCUT2D eigenvalue weighted by molar-refractivity contribution is 5.84. The van der Waals surface area contributed by atoms with E-state index in [0.717, 1.165) is 12.0 Å². The number of aryl methyl sites for hydroxylation is 1. The Bertz CT molecular complexity index is 431. The minimum atomic E-state index is -1.07. The van der Waals surface area contributed by atoms with Crippen LogP contribution in [0.25, 0.3) is 0 Å². The van der Waals surface area contributed by atoms with Crippen LogP contribution in [0.2, 0.25) is 0 Å². The lowest BCUT2D eigenvalue weighted by Crippen LogP contribution is -2.40. The Kier molecular flexibility index (Phi) is 5.17. The highest BCUT2D eigenvalue weighted by atomic mass is 16.5. The van der Waals surface area contributed by atoms with Gasteiger partial charge in [0.25, 0.3) is 5.91 Å². The first kappa shape index (κ1) is 14.0. The van der Waals surface area contributed by atoms with Crippen molar-refractivity contribution in [1.82, 2.24) is 5.32 Å². The molecule has 0 bridgehead atoms. The molecule has 0 aromatic heterocycles. The number of carboxylic acid groups (broad SMARTS) is 1. The summed E-state index contributed by atoms with van der Waals surface area (Å²) < 4.78 is 5.37. The summed E-state index contributed by atoms with van der Waals surface area (Å²) in [4.78, 5) is 22.0. The largest absolute Gasteiger partial charge is 0.483 e. The summed E-state index contributed by atoms with van der Waals surface area (Å²) >= 11 is 0. The zero-order valence-corrected chi connectivity index (χ0v) is 10.5. The molecule has 1 atom stereocenters. The van der Waals surface area contributed by atoms with Crippen molar-refractivity contribution in [1.29, 1.82) is 0 Å². The van der Waals surface area contributed by atoms with Crippen molar-refractivity contribution in [3.8, 4) is 5.75 Å². The molecule has 0 radical (unpaired) electrons. The smallest absolute Gasteiger partial charge is 0.325 e. The third kappa shape index (κ3) is 4.08. The zero-order valence-electron chi connectivity index (χ0n) is 10.5. The van der Waals surface area contributed by atoms with Crippen molar-refractivity contribution in [3.63, 3.8) is 0 Å². The number of rotatable bonds is 6. The summed E-state index contributed by atoms with van der Waals surface area (Å²) in [6.45, 7) is 3.21. The molecular weight excluding hydrogens is 234 g/mol. The Morgan fingerprint density at radius 1 is 1.39 bits per heavy atom. The molecule has 1 aromatic rings. The predicted molar refractivity (Wildman–Crippen MR) is 66.6 cm³/mol. The first-order valence-corrected chi connectivity index (χ1v) is 5.77. The van der Waals surface area contributed by atoms with E-state index in [4.69, 9.17) is 9.84 Å². The summed E-state index contributed by atoms with van der Waals surface area (Å²) in [5, 5.41) is 11.0. The fraction of sp³-hybridized carbons (Fsp3) is 0.385. The van der Waals surface area contributed by atoms with Crippen LogP contribution in [-0.4, -0.2) is 29.6 Å². The molecule has 0 saturated carbocycles. The van der Waals surface area contributed by atoms with Crippen LogP contribution in [0.3, 0.4) is 0 Å². The van der Waals surface area contributed by atoms with E-state index in [1.165, 1.54) is 6.92 Å². The lowest BCUT2D eigenvalue weighted by Gasteiger charge is -2.12. The molecule has 0 unspecified atom stereocenters. The lowest BCUT2D eigenvalue weighted by atomic mass is 10.1. The zero-order chi connectivity index (χ0) is 13.5. The number of para-hydroxylation sites is 1. The number of carbonyl (C=O) groups is 2. The van der Waals surface area contributed by atoms with Crippen LogP contribution < -0.4 is 10.1 Å². The number of carboxylic acids is 1. The van der Waals surface area contributed by atoms with Crippen LogP contribution in [0, 0.1) is 0 Å². The van der Waals surface area contributed by atoms with Gasteiger partial charge in [0, 0.05) is 0 Å². The predicted octanol–water partition coefficient (Wildman–Crippen LogP) is 1.22. The molecule has 0 aliphatic rings. The molecule has 0 heterocycles. The number of amides is 1. The van der Waals surface area contributed by atoms with Gasteiger partial charge in [0.2, 0.25) is 0 Å². The number of ether oxygens (including phenoxy) is 1. The molecule has 1 aromatic carbocycles. The van der Waals surface area contributed by atoms with Gasteiger partial charge in [-0.15, -0.1) is 0 Å². The minimum absolute atomic E-state index is 0.186. The highest BCUT2D eigenvalue weighted by Gasteiger charge is 2.14. The van der Waals surface area contributed by atoms with Crippen molar-refractivity contribution in [2.75, 3.05) is 6.61 Å². The molecule has 2 N–H and O–H groups in total. The van der Waals surface area contributed by atoms with E-state index in [1.54, 1.807) is 6.07 Å². The molecule has 1 amide bonds. The Morgan fingerprint density at radius 2 is 2.06 bits per heavy atom. The molecule has 0 aliphatic heterocycles. The van der Waals surface area contributed by atoms with E-state index < -0.39 is 17.9 Å². The SMILES string of the molecule is CCc1ccccc1OCC(=O)N[C@H](C)C(=O)O. The second-order valence-corrected chi connectivity index (χ2v) is 3.88. The molecule has 0 aliphatic carbocycles. The maximum Gasteiger partial charge on any atom is 0.325 e. The molecule has 0 fully saturated rings. The summed E-state index contributed by atoms with van der Waals surface area (Å²) in [5.74, 6) is -0.869. The van der Waals surface area contributed by atoms with Gasteiger partial charge in [-0.1, -0.05) is 25.1 Å². The summed E-state index contributed by atoms with van der Waals surface area (Å²) in [7, 11) is 0. The molecule has 18 heavy (non-hydrogen) atoms. The van der Waals surface area contributed by atoms with Gasteiger partial charge in [0.05, 0.1) is 0 Å². The Hall–Kier alpha value is -2.04. The second-order valence-electron chi connectivity index (χ2n) is 3.88. The number of aliphatic carboxylic acids is 1. The number of hydrogen-bond acceptors (Lipinski definition) is 3. The maximum atomic E-state index is 11.4. The van der Waals surface area contributed by atoms with Gasteiger partial charge in [-0.05, 0) is 25.0 Å². The van der Waals surface area contributed by atoms with Crippen LogP contribution in [-0.2, 0) is 16.0 Å². The molecule has 0 spiro atoms. The monoisotopic (exact) mass is 251 g/mol. The van der Waals surface area contributed by atoms with Gasteiger partial charge in [-0.25, -0.2) is 0 Å². The number of benzene rings is 1. The molecule has 0 saturated heterocycles. The van der Waals surface area contributed by atoms with Crippen LogP contribution in [0.4, 0.5) is 0 Å². The second kappa shape index (κ2) is 6.64. The third-order valence-corrected chi connectivity index (χ3v) is 2.46. The molecule has 1 rings (SSSR count). The average molecular weight is 251 g/mol. The quantitative estimate of drug-likeness (QED) is 0.797. The first-order valence-electron chi connectivity index (χ1n) is 5.77. The van der Waals surface area contributed by atoms with E-state index in [9.17, 15) is 9.59 Å². The van der Waals surface area contributed by atoms with Gasteiger partial charge in [0.1, 0.15) is 11.8 Å². The van der Waals surface area contributed by atoms with Crippen molar-refractivity contribution in [2.45, 2.75) is 26.3 Å². The van der Waals surface area contributed by atoms with E-state index in [0.29, 0.717) is 5.75 Å². The van der Waals surface area contributed by atoms with Gasteiger partial charge in [-0.2, -0.15) is 0 Å². The molecule has 98 valence electrons. The summed E-state index contributed by atoms with van der Waals surface area (Å²) in [6, 6.07) is 6.52. The van der Waals surface area contributed by atoms with Gasteiger partial charge < -0.3 is 15.2 Å². The van der Waals surface area contributed by atoms with E-state index in [2.05, 4.69) is 5.32 Å². The minimum Gasteiger partial charge on any atom is -0.483 e. The number of nitrogens with one attached hydrogen (secondary N) is 1. The van der Waals surface area contributed by atoms with E-state index in [-0.39, 0.29) is 6.61 Å². The van der Waals surface area contributed by atoms with Crippen LogP contribution in [0.1, 0.15) is 19.4 Å². The average Bonchev–Trinajstić information content (AvgIpc) is 2.36. The van der Waals surface area contributed by atoms with Crippen molar-refractivity contribution in [3.05, 3.63) is 29.8 Å². The van der Waals surface area contributed by atoms with Gasteiger partial charge in [-0.3, -0.25) is 9.59 Å². The van der Waals surface area contributed by atoms with E-state index in [1.807, 2.05) is 25.1 Å². The molecule has 5 nitrogen and oxygen atoms in total. The highest BCUT2D eigenvalue weighted by Crippen LogP contribution is 2.17. The maximum absolute atomic E-state index is 11.4. The number of carbonyl (C=O) groups excluding carboxylic acids is 1. The Labute approximate surface area is 106 Å². The Balaban J connectivity index is 2.50. The van der Waals surface area contributed by atoms with Crippen molar-refractivity contribution < 1.29 is 19.4 Å². The topological polar surface area (TPSA) is 75.6 Å². The normalized spacial score (nSPS) is 11.7. The van der Waals surface area contributed by atoms with Crippen LogP contribution in [0.5, 0.6) is 5.75 Å². The lowest BCUT2D eigenvalue weighted by molar-refractivity contribution is -0.141. The van der Waals surface area contributed by atoms with Crippen LogP contribution >= 0.6 is 0 Å². The fourth-order valence-corrected chi connectivity index (χ4v) is 1.42. The van der Waals surface area contributed by atoms with Gasteiger partial charge in [0.15, 0.2) is 6.61 Å². The Morgan fingerprint density at radius 3 is 2.67 bits per heavy atom. The van der Waals surface area contributed by atoms with E-state index >= 15 is 0 Å². The number of hydrogen-bond donors (Lipinski definition) is 2. The van der Waals surface area contributed by atoms with Crippen molar-refractivity contribution in [2.24, 2.45) is 0 Å².